The fraction of sp³-hybridized carbons (Fsp3) is 0.435. The van der Waals surface area contributed by atoms with Crippen LogP contribution in [0.1, 0.15) is 38.7 Å². The lowest BCUT2D eigenvalue weighted by Gasteiger charge is -2.34. The third-order valence-electron chi connectivity index (χ3n) is 6.45. The number of ether oxygens (including phenoxy) is 1. The number of hydrogen-bond donors (Lipinski definition) is 1. The number of hydrogen-bond acceptors (Lipinski definition) is 6. The van der Waals surface area contributed by atoms with Gasteiger partial charge in [0.05, 0.1) is 17.5 Å². The smallest absolute Gasteiger partial charge is 0.276 e. The number of para-hydroxylation sites is 1. The van der Waals surface area contributed by atoms with Gasteiger partial charge in [-0.05, 0) is 50.3 Å². The average molecular weight is 407 g/mol. The summed E-state index contributed by atoms with van der Waals surface area (Å²) in [5.74, 6) is 0. The van der Waals surface area contributed by atoms with Crippen molar-refractivity contribution in [2.45, 2.75) is 44.8 Å². The molecule has 1 aromatic carbocycles. The Balaban J connectivity index is 1.68. The molecule has 0 saturated heterocycles. The summed E-state index contributed by atoms with van der Waals surface area (Å²) in [7, 11) is 1.75. The molecule has 3 aromatic rings. The summed E-state index contributed by atoms with van der Waals surface area (Å²) in [5, 5.41) is 4.25. The van der Waals surface area contributed by atoms with E-state index in [4.69, 9.17) is 6.11 Å². The van der Waals surface area contributed by atoms with E-state index < -0.39 is 0 Å². The monoisotopic (exact) mass is 406 g/mol. The summed E-state index contributed by atoms with van der Waals surface area (Å²) in [6, 6.07) is 8.07. The van der Waals surface area contributed by atoms with Gasteiger partial charge in [-0.15, -0.1) is 0 Å². The highest BCUT2D eigenvalue weighted by Gasteiger charge is 2.28. The van der Waals surface area contributed by atoms with Gasteiger partial charge < -0.3 is 15.0 Å². The van der Waals surface area contributed by atoms with Crippen LogP contribution in [-0.2, 0) is 4.74 Å². The second-order valence-corrected chi connectivity index (χ2v) is 8.17. The van der Waals surface area contributed by atoms with Crippen molar-refractivity contribution in [2.75, 3.05) is 30.4 Å². The number of methoxy groups -OCH3 is 1. The van der Waals surface area contributed by atoms with Crippen molar-refractivity contribution in [2.24, 2.45) is 0 Å². The minimum atomic E-state index is -0.0675. The molecule has 0 atom stereocenters. The van der Waals surface area contributed by atoms with Gasteiger partial charge in [-0.3, -0.25) is 9.36 Å². The number of aryl methyl sites for hydroxylation is 1. The molecular weight excluding hydrogens is 378 g/mol. The third-order valence-corrected chi connectivity index (χ3v) is 6.45. The van der Waals surface area contributed by atoms with Gasteiger partial charge in [0.15, 0.2) is 0 Å². The van der Waals surface area contributed by atoms with Crippen LogP contribution in [0.25, 0.3) is 11.0 Å². The number of pyridine rings is 1. The Morgan fingerprint density at radius 2 is 2.07 bits per heavy atom. The van der Waals surface area contributed by atoms with Gasteiger partial charge in [-0.25, -0.2) is 9.97 Å². The largest absolute Gasteiger partial charge is 0.381 e. The van der Waals surface area contributed by atoms with Gasteiger partial charge in [-0.1, -0.05) is 12.1 Å². The quantitative estimate of drug-likeness (QED) is 0.713. The van der Waals surface area contributed by atoms with Crippen LogP contribution in [0, 0.1) is 6.92 Å². The molecule has 1 aliphatic carbocycles. The van der Waals surface area contributed by atoms with Crippen molar-refractivity contribution < 1.29 is 6.11 Å². The Hall–Kier alpha value is -2.93. The van der Waals surface area contributed by atoms with Crippen LogP contribution in [-0.4, -0.2) is 40.8 Å². The molecule has 30 heavy (non-hydrogen) atoms. The topological polar surface area (TPSA) is 72.3 Å². The zero-order chi connectivity index (χ0) is 21.5. The Labute approximate surface area is 177 Å². The SMILES string of the molecule is [2H]c1ncc2cc(N3CCNc4c(C)cccc43)c(=O)n(C3CCC(OC)CC3)c2n1. The van der Waals surface area contributed by atoms with E-state index in [2.05, 4.69) is 39.2 Å². The number of benzene rings is 1. The number of fused-ring (bicyclic) bond motifs is 2. The molecular formula is C23H27N5O2. The van der Waals surface area contributed by atoms with Crippen LogP contribution in [0.15, 0.2) is 41.6 Å². The van der Waals surface area contributed by atoms with E-state index in [-0.39, 0.29) is 24.0 Å². The summed E-state index contributed by atoms with van der Waals surface area (Å²) < 4.78 is 15.2. The first kappa shape index (κ1) is 17.9. The predicted octanol–water partition coefficient (Wildman–Crippen LogP) is 3.79. The molecule has 0 bridgehead atoms. The van der Waals surface area contributed by atoms with Gasteiger partial charge in [0, 0.05) is 37.8 Å². The number of rotatable bonds is 3. The van der Waals surface area contributed by atoms with Crippen molar-refractivity contribution >= 4 is 28.1 Å². The maximum atomic E-state index is 13.9. The normalized spacial score (nSPS) is 21.8. The van der Waals surface area contributed by atoms with E-state index in [9.17, 15) is 4.79 Å². The fourth-order valence-electron chi connectivity index (χ4n) is 4.86. The molecule has 0 amide bonds. The molecule has 1 aliphatic heterocycles. The lowest BCUT2D eigenvalue weighted by Crippen LogP contribution is -2.37. The van der Waals surface area contributed by atoms with Crippen molar-refractivity contribution in [1.82, 2.24) is 14.5 Å². The molecule has 5 rings (SSSR count). The van der Waals surface area contributed by atoms with Crippen molar-refractivity contribution in [3.05, 3.63) is 52.7 Å². The van der Waals surface area contributed by atoms with Crippen LogP contribution in [0.4, 0.5) is 17.1 Å². The molecule has 156 valence electrons. The number of nitrogens with zero attached hydrogens (tertiary/aromatic N) is 4. The highest BCUT2D eigenvalue weighted by Crippen LogP contribution is 2.37. The average Bonchev–Trinajstić information content (AvgIpc) is 2.79. The summed E-state index contributed by atoms with van der Waals surface area (Å²) in [6.45, 7) is 3.54. The third kappa shape index (κ3) is 3.13. The molecule has 7 nitrogen and oxygen atoms in total. The molecule has 1 saturated carbocycles. The molecule has 0 unspecified atom stereocenters. The molecule has 3 heterocycles. The van der Waals surface area contributed by atoms with Crippen LogP contribution in [0.2, 0.25) is 0 Å². The predicted molar refractivity (Wildman–Crippen MR) is 119 cm³/mol. The molecule has 0 radical (unpaired) electrons. The van der Waals surface area contributed by atoms with E-state index in [0.29, 0.717) is 17.9 Å². The molecule has 7 heteroatoms. The van der Waals surface area contributed by atoms with E-state index in [1.54, 1.807) is 13.3 Å². The van der Waals surface area contributed by atoms with Crippen LogP contribution in [0.3, 0.4) is 0 Å². The van der Waals surface area contributed by atoms with Crippen LogP contribution in [0.5, 0.6) is 0 Å². The first-order valence-corrected chi connectivity index (χ1v) is 10.6. The van der Waals surface area contributed by atoms with Gasteiger partial charge in [0.25, 0.3) is 5.56 Å². The van der Waals surface area contributed by atoms with Crippen molar-refractivity contribution in [3.8, 4) is 0 Å². The first-order valence-electron chi connectivity index (χ1n) is 11.1. The zero-order valence-electron chi connectivity index (χ0n) is 18.4. The van der Waals surface area contributed by atoms with Gasteiger partial charge in [0.2, 0.25) is 0 Å². The highest BCUT2D eigenvalue weighted by atomic mass is 16.5. The molecule has 2 aliphatic rings. The van der Waals surface area contributed by atoms with Crippen LogP contribution < -0.4 is 15.8 Å². The summed E-state index contributed by atoms with van der Waals surface area (Å²) in [5.41, 5.74) is 4.36. The first-order chi connectivity index (χ1) is 15.1. The van der Waals surface area contributed by atoms with Gasteiger partial charge >= 0.3 is 0 Å². The maximum absolute atomic E-state index is 13.9. The van der Waals surface area contributed by atoms with E-state index in [1.807, 2.05) is 16.7 Å². The van der Waals surface area contributed by atoms with Crippen molar-refractivity contribution in [3.63, 3.8) is 0 Å². The second-order valence-electron chi connectivity index (χ2n) is 8.17. The number of nitrogens with one attached hydrogen (secondary N) is 1. The van der Waals surface area contributed by atoms with E-state index in [1.165, 1.54) is 0 Å². The lowest BCUT2D eigenvalue weighted by atomic mass is 9.92. The standard InChI is InChI=1S/C23H27N5O2/c1-15-4-3-5-19-21(15)25-10-11-27(19)20-12-16-13-24-14-26-22(16)28(23(20)29)17-6-8-18(30-2)9-7-17/h3-5,12-14,17-18,25H,6-11H2,1-2H3/i14D. The Morgan fingerprint density at radius 3 is 2.87 bits per heavy atom. The number of anilines is 3. The Bertz CT molecular complexity index is 1190. The summed E-state index contributed by atoms with van der Waals surface area (Å²) >= 11 is 0. The lowest BCUT2D eigenvalue weighted by molar-refractivity contribution is 0.0585. The summed E-state index contributed by atoms with van der Waals surface area (Å²) in [6.07, 6.45) is 5.36. The van der Waals surface area contributed by atoms with Gasteiger partial charge in [-0.2, -0.15) is 0 Å². The fourth-order valence-corrected chi connectivity index (χ4v) is 4.86. The summed E-state index contributed by atoms with van der Waals surface area (Å²) in [4.78, 5) is 24.4. The minimum Gasteiger partial charge on any atom is -0.381 e. The van der Waals surface area contributed by atoms with E-state index in [0.717, 1.165) is 54.6 Å². The van der Waals surface area contributed by atoms with Gasteiger partial charge in [0.1, 0.15) is 19.0 Å². The minimum absolute atomic E-state index is 0.0375. The van der Waals surface area contributed by atoms with Crippen molar-refractivity contribution in [1.29, 1.82) is 0 Å². The highest BCUT2D eigenvalue weighted by molar-refractivity contribution is 5.85. The molecule has 1 fully saturated rings. The molecule has 2 aromatic heterocycles. The number of aromatic nitrogens is 3. The zero-order valence-corrected chi connectivity index (χ0v) is 17.4. The second kappa shape index (κ2) is 7.72. The van der Waals surface area contributed by atoms with E-state index >= 15 is 0 Å². The molecule has 1 N–H and O–H groups in total. The molecule has 0 spiro atoms. The maximum Gasteiger partial charge on any atom is 0.276 e. The Morgan fingerprint density at radius 1 is 1.23 bits per heavy atom. The Kier molecular flexibility index (Phi) is 4.60. The van der Waals surface area contributed by atoms with Crippen LogP contribution >= 0.6 is 0 Å².